The van der Waals surface area contributed by atoms with Crippen LogP contribution in [0.3, 0.4) is 0 Å². The molecule has 10 heteroatoms. The molecule has 0 atom stereocenters. The largest absolute Gasteiger partial charge is 0.462 e. The summed E-state index contributed by atoms with van der Waals surface area (Å²) in [6, 6.07) is 8.79. The number of rotatable bonds is 6. The lowest BCUT2D eigenvalue weighted by molar-refractivity contribution is -0.117. The molecular formula is C21H18ClN5O3S. The van der Waals surface area contributed by atoms with Gasteiger partial charge in [-0.05, 0) is 50.1 Å². The normalized spacial score (nSPS) is 14.5. The van der Waals surface area contributed by atoms with Crippen LogP contribution in [0.4, 0.5) is 10.8 Å². The van der Waals surface area contributed by atoms with E-state index >= 15 is 0 Å². The fourth-order valence-electron chi connectivity index (χ4n) is 3.45. The van der Waals surface area contributed by atoms with Crippen LogP contribution in [-0.4, -0.2) is 39.2 Å². The van der Waals surface area contributed by atoms with E-state index in [0.29, 0.717) is 28.7 Å². The monoisotopic (exact) mass is 455 g/mol. The highest BCUT2D eigenvalue weighted by Gasteiger charge is 2.50. The van der Waals surface area contributed by atoms with E-state index in [4.69, 9.17) is 16.3 Å². The zero-order valence-corrected chi connectivity index (χ0v) is 18.1. The van der Waals surface area contributed by atoms with Gasteiger partial charge in [0.2, 0.25) is 0 Å². The molecule has 0 bridgehead atoms. The van der Waals surface area contributed by atoms with Gasteiger partial charge in [0.05, 0.1) is 39.1 Å². The Morgan fingerprint density at radius 1 is 1.29 bits per heavy atom. The average molecular weight is 456 g/mol. The van der Waals surface area contributed by atoms with Crippen molar-refractivity contribution in [3.63, 3.8) is 0 Å². The van der Waals surface area contributed by atoms with Crippen LogP contribution in [0.15, 0.2) is 36.5 Å². The third-order valence-corrected chi connectivity index (χ3v) is 6.57. The molecule has 4 aromatic rings. The highest BCUT2D eigenvalue weighted by molar-refractivity contribution is 7.23. The van der Waals surface area contributed by atoms with E-state index in [1.165, 1.54) is 11.3 Å². The molecular weight excluding hydrogens is 438 g/mol. The molecule has 0 unspecified atom stereocenters. The predicted octanol–water partition coefficient (Wildman–Crippen LogP) is 4.59. The van der Waals surface area contributed by atoms with Gasteiger partial charge in [-0.1, -0.05) is 22.9 Å². The molecule has 1 aliphatic carbocycles. The number of halogens is 1. The fourth-order valence-corrected chi connectivity index (χ4v) is 4.62. The van der Waals surface area contributed by atoms with Gasteiger partial charge < -0.3 is 10.1 Å². The maximum Gasteiger partial charge on any atom is 0.339 e. The summed E-state index contributed by atoms with van der Waals surface area (Å²) in [5.74, 6) is -0.659. The average Bonchev–Trinajstić information content (AvgIpc) is 3.18. The van der Waals surface area contributed by atoms with Crippen molar-refractivity contribution in [3.8, 4) is 0 Å². The van der Waals surface area contributed by atoms with E-state index in [0.717, 1.165) is 21.1 Å². The number of carbonyl (C=O) groups is 2. The Hall–Kier alpha value is -3.17. The van der Waals surface area contributed by atoms with Gasteiger partial charge in [0.1, 0.15) is 5.54 Å². The van der Waals surface area contributed by atoms with E-state index in [1.807, 2.05) is 12.1 Å². The lowest BCUT2D eigenvalue weighted by Gasteiger charge is -2.18. The molecule has 3 N–H and O–H groups in total. The van der Waals surface area contributed by atoms with E-state index in [2.05, 4.69) is 25.8 Å². The Balaban J connectivity index is 1.36. The van der Waals surface area contributed by atoms with Crippen molar-refractivity contribution >= 4 is 66.8 Å². The molecule has 0 spiro atoms. The number of amides is 1. The van der Waals surface area contributed by atoms with Crippen LogP contribution in [-0.2, 0) is 9.53 Å². The van der Waals surface area contributed by atoms with Crippen molar-refractivity contribution in [2.75, 3.05) is 17.2 Å². The molecule has 8 nitrogen and oxygen atoms in total. The second-order valence-electron chi connectivity index (χ2n) is 7.34. The Kier molecular flexibility index (Phi) is 4.79. The molecule has 5 rings (SSSR count). The molecule has 2 aromatic heterocycles. The number of aromatic amines is 1. The summed E-state index contributed by atoms with van der Waals surface area (Å²) >= 11 is 7.55. The number of esters is 1. The molecule has 2 aromatic carbocycles. The topological polar surface area (TPSA) is 109 Å². The molecule has 0 aliphatic heterocycles. The first-order chi connectivity index (χ1) is 15.0. The van der Waals surface area contributed by atoms with E-state index in [1.54, 1.807) is 31.3 Å². The van der Waals surface area contributed by atoms with Crippen molar-refractivity contribution in [1.82, 2.24) is 15.2 Å². The molecule has 0 radical (unpaired) electrons. The summed E-state index contributed by atoms with van der Waals surface area (Å²) in [5.41, 5.74) is 1.88. The number of nitrogens with zero attached hydrogens (tertiary/aromatic N) is 2. The van der Waals surface area contributed by atoms with Crippen molar-refractivity contribution in [2.24, 2.45) is 0 Å². The second-order valence-corrected chi connectivity index (χ2v) is 8.75. The molecule has 2 heterocycles. The molecule has 0 saturated heterocycles. The van der Waals surface area contributed by atoms with Crippen LogP contribution < -0.4 is 10.6 Å². The first-order valence-corrected chi connectivity index (χ1v) is 11.0. The summed E-state index contributed by atoms with van der Waals surface area (Å²) in [6.45, 7) is 1.99. The van der Waals surface area contributed by atoms with E-state index < -0.39 is 11.5 Å². The SMILES string of the molecule is CCOC(=O)c1cc(NC2(C(=O)Nc3nc4ccc5[nH]ncc5c4s3)CC2)ccc1Cl. The van der Waals surface area contributed by atoms with Gasteiger partial charge in [0, 0.05) is 11.1 Å². The minimum atomic E-state index is -0.747. The number of carbonyl (C=O) groups excluding carboxylic acids is 2. The van der Waals surface area contributed by atoms with Gasteiger partial charge in [-0.25, -0.2) is 9.78 Å². The van der Waals surface area contributed by atoms with Gasteiger partial charge in [-0.2, -0.15) is 5.10 Å². The number of hydrogen-bond acceptors (Lipinski definition) is 7. The van der Waals surface area contributed by atoms with E-state index in [-0.39, 0.29) is 18.1 Å². The number of aromatic nitrogens is 3. The Labute approximate surface area is 185 Å². The van der Waals surface area contributed by atoms with Gasteiger partial charge in [0.25, 0.3) is 5.91 Å². The summed E-state index contributed by atoms with van der Waals surface area (Å²) in [5, 5.41) is 15.0. The second kappa shape index (κ2) is 7.51. The Morgan fingerprint density at radius 2 is 2.13 bits per heavy atom. The molecule has 1 saturated carbocycles. The zero-order valence-electron chi connectivity index (χ0n) is 16.5. The Morgan fingerprint density at radius 3 is 2.90 bits per heavy atom. The van der Waals surface area contributed by atoms with Crippen LogP contribution >= 0.6 is 22.9 Å². The minimum Gasteiger partial charge on any atom is -0.462 e. The molecule has 1 fully saturated rings. The molecule has 1 aliphatic rings. The molecule has 1 amide bonds. The predicted molar refractivity (Wildman–Crippen MR) is 121 cm³/mol. The van der Waals surface area contributed by atoms with Crippen LogP contribution in [0, 0.1) is 0 Å². The van der Waals surface area contributed by atoms with Crippen LogP contribution in [0.25, 0.3) is 21.1 Å². The lowest BCUT2D eigenvalue weighted by Crippen LogP contribution is -2.37. The van der Waals surface area contributed by atoms with Crippen molar-refractivity contribution in [2.45, 2.75) is 25.3 Å². The van der Waals surface area contributed by atoms with Crippen LogP contribution in [0.1, 0.15) is 30.1 Å². The number of thiazole rings is 1. The third kappa shape index (κ3) is 3.60. The first kappa shape index (κ1) is 19.8. The zero-order chi connectivity index (χ0) is 21.6. The fraction of sp³-hybridized carbons (Fsp3) is 0.238. The maximum atomic E-state index is 13.0. The number of ether oxygens (including phenoxy) is 1. The Bertz CT molecular complexity index is 1330. The van der Waals surface area contributed by atoms with E-state index in [9.17, 15) is 9.59 Å². The van der Waals surface area contributed by atoms with Crippen LogP contribution in [0.5, 0.6) is 0 Å². The first-order valence-electron chi connectivity index (χ1n) is 9.78. The number of H-pyrrole nitrogens is 1. The van der Waals surface area contributed by atoms with Crippen molar-refractivity contribution < 1.29 is 14.3 Å². The van der Waals surface area contributed by atoms with Crippen molar-refractivity contribution in [3.05, 3.63) is 47.1 Å². The van der Waals surface area contributed by atoms with Crippen LogP contribution in [0.2, 0.25) is 5.02 Å². The summed E-state index contributed by atoms with van der Waals surface area (Å²) in [4.78, 5) is 29.7. The molecule has 158 valence electrons. The number of benzene rings is 2. The number of nitrogens with one attached hydrogen (secondary N) is 3. The quantitative estimate of drug-likeness (QED) is 0.367. The maximum absolute atomic E-state index is 13.0. The summed E-state index contributed by atoms with van der Waals surface area (Å²) < 4.78 is 6.01. The van der Waals surface area contributed by atoms with Gasteiger partial charge in [0.15, 0.2) is 5.13 Å². The smallest absolute Gasteiger partial charge is 0.339 e. The number of fused-ring (bicyclic) bond motifs is 3. The van der Waals surface area contributed by atoms with Crippen molar-refractivity contribution in [1.29, 1.82) is 0 Å². The van der Waals surface area contributed by atoms with Gasteiger partial charge in [-0.3, -0.25) is 15.2 Å². The lowest BCUT2D eigenvalue weighted by atomic mass is 10.1. The van der Waals surface area contributed by atoms with Gasteiger partial charge in [-0.15, -0.1) is 0 Å². The number of hydrogen-bond donors (Lipinski definition) is 3. The highest BCUT2D eigenvalue weighted by Crippen LogP contribution is 2.41. The summed E-state index contributed by atoms with van der Waals surface area (Å²) in [6.07, 6.45) is 3.10. The van der Waals surface area contributed by atoms with Gasteiger partial charge >= 0.3 is 5.97 Å². The molecule has 31 heavy (non-hydrogen) atoms. The third-order valence-electron chi connectivity index (χ3n) is 5.23. The highest BCUT2D eigenvalue weighted by atomic mass is 35.5. The number of anilines is 2. The minimum absolute atomic E-state index is 0.164. The summed E-state index contributed by atoms with van der Waals surface area (Å²) in [7, 11) is 0. The standard InChI is InChI=1S/C21H18ClN5O3S/c1-2-30-18(28)12-9-11(3-4-14(12)22)26-21(7-8-21)19(29)25-20-24-16-6-5-15-13(10-23-27-15)17(16)31-20/h3-6,9-10,26H,2,7-8H2,1H3,(H,23,27)(H,24,25,29).